The second kappa shape index (κ2) is 7.31. The van der Waals surface area contributed by atoms with Gasteiger partial charge in [-0.15, -0.1) is 0 Å². The van der Waals surface area contributed by atoms with Crippen LogP contribution in [-0.4, -0.2) is 34.5 Å². The van der Waals surface area contributed by atoms with Gasteiger partial charge in [-0.05, 0) is 30.8 Å². The molecule has 1 aromatic carbocycles. The Hall–Kier alpha value is -2.93. The molecule has 0 fully saturated rings. The molecule has 0 atom stereocenters. The van der Waals surface area contributed by atoms with Crippen molar-refractivity contribution in [3.8, 4) is 0 Å². The van der Waals surface area contributed by atoms with Crippen LogP contribution in [0.5, 0.6) is 0 Å². The maximum atomic E-state index is 12.2. The van der Waals surface area contributed by atoms with Crippen molar-refractivity contribution in [3.63, 3.8) is 0 Å². The molecule has 0 unspecified atom stereocenters. The first-order chi connectivity index (χ1) is 12.1. The number of ether oxygens (including phenoxy) is 1. The van der Waals surface area contributed by atoms with E-state index in [4.69, 9.17) is 4.42 Å². The Kier molecular flexibility index (Phi) is 4.95. The van der Waals surface area contributed by atoms with Crippen LogP contribution < -0.4 is 5.56 Å². The lowest BCUT2D eigenvalue weighted by Gasteiger charge is -2.18. The van der Waals surface area contributed by atoms with Crippen LogP contribution in [0.3, 0.4) is 0 Å². The maximum absolute atomic E-state index is 12.2. The molecule has 7 heteroatoms. The van der Waals surface area contributed by atoms with E-state index < -0.39 is 5.97 Å². The molecule has 0 aliphatic rings. The van der Waals surface area contributed by atoms with Gasteiger partial charge < -0.3 is 14.1 Å². The van der Waals surface area contributed by atoms with Crippen molar-refractivity contribution < 1.29 is 13.9 Å². The van der Waals surface area contributed by atoms with Crippen molar-refractivity contribution in [2.45, 2.75) is 20.0 Å². The van der Waals surface area contributed by atoms with Crippen LogP contribution in [0.2, 0.25) is 0 Å². The summed E-state index contributed by atoms with van der Waals surface area (Å²) in [5.74, 6) is 0.899. The highest BCUT2D eigenvalue weighted by Crippen LogP contribution is 2.13. The molecule has 0 saturated carbocycles. The van der Waals surface area contributed by atoms with Crippen molar-refractivity contribution >= 4 is 16.9 Å². The Morgan fingerprint density at radius 2 is 2.04 bits per heavy atom. The van der Waals surface area contributed by atoms with Gasteiger partial charge in [-0.1, -0.05) is 19.1 Å². The molecule has 0 bridgehead atoms. The van der Waals surface area contributed by atoms with E-state index in [2.05, 4.69) is 14.7 Å². The van der Waals surface area contributed by atoms with Crippen molar-refractivity contribution in [3.05, 3.63) is 64.1 Å². The van der Waals surface area contributed by atoms with Crippen LogP contribution in [0, 0.1) is 0 Å². The number of carbonyl (C=O) groups is 1. The minimum atomic E-state index is -0.505. The first kappa shape index (κ1) is 16.9. The predicted octanol–water partition coefficient (Wildman–Crippen LogP) is 2.32. The Bertz CT molecular complexity index is 945. The van der Waals surface area contributed by atoms with Crippen LogP contribution in [0.25, 0.3) is 10.9 Å². The van der Waals surface area contributed by atoms with Crippen LogP contribution in [-0.2, 0) is 17.8 Å². The summed E-state index contributed by atoms with van der Waals surface area (Å²) in [6, 6.07) is 10.6. The number of aromatic nitrogens is 2. The second-order valence-electron chi connectivity index (χ2n) is 5.59. The molecular weight excluding hydrogens is 322 g/mol. The average Bonchev–Trinajstić information content (AvgIpc) is 3.09. The smallest absolute Gasteiger partial charge is 0.373 e. The highest BCUT2D eigenvalue weighted by molar-refractivity contribution is 5.86. The number of rotatable bonds is 6. The zero-order valence-electron chi connectivity index (χ0n) is 14.1. The SMILES string of the molecule is CCN(Cc1nc2ccccc2c(=O)[nH]1)Cc1ccc(C(=O)OC)o1. The number of methoxy groups -OCH3 is 1. The van der Waals surface area contributed by atoms with Crippen molar-refractivity contribution in [1.82, 2.24) is 14.9 Å². The first-order valence-electron chi connectivity index (χ1n) is 7.98. The van der Waals surface area contributed by atoms with Gasteiger partial charge in [0.2, 0.25) is 5.76 Å². The number of benzene rings is 1. The van der Waals surface area contributed by atoms with Crippen LogP contribution >= 0.6 is 0 Å². The van der Waals surface area contributed by atoms with E-state index in [9.17, 15) is 9.59 Å². The zero-order valence-corrected chi connectivity index (χ0v) is 14.1. The molecule has 130 valence electrons. The Balaban J connectivity index is 1.77. The number of hydrogen-bond acceptors (Lipinski definition) is 6. The van der Waals surface area contributed by atoms with E-state index in [1.54, 1.807) is 18.2 Å². The van der Waals surface area contributed by atoms with Crippen molar-refractivity contribution in [2.24, 2.45) is 0 Å². The number of aromatic amines is 1. The van der Waals surface area contributed by atoms with Gasteiger partial charge in [0.1, 0.15) is 11.6 Å². The monoisotopic (exact) mass is 341 g/mol. The number of esters is 1. The van der Waals surface area contributed by atoms with Gasteiger partial charge in [-0.2, -0.15) is 0 Å². The molecule has 25 heavy (non-hydrogen) atoms. The van der Waals surface area contributed by atoms with Gasteiger partial charge in [-0.25, -0.2) is 9.78 Å². The fourth-order valence-electron chi connectivity index (χ4n) is 2.59. The lowest BCUT2D eigenvalue weighted by atomic mass is 10.2. The highest BCUT2D eigenvalue weighted by Gasteiger charge is 2.14. The van der Waals surface area contributed by atoms with Gasteiger partial charge in [0, 0.05) is 0 Å². The number of nitrogens with one attached hydrogen (secondary N) is 1. The number of para-hydroxylation sites is 1. The predicted molar refractivity (Wildman–Crippen MR) is 92.2 cm³/mol. The number of furan rings is 1. The van der Waals surface area contributed by atoms with E-state index in [-0.39, 0.29) is 11.3 Å². The lowest BCUT2D eigenvalue weighted by molar-refractivity contribution is 0.0561. The summed E-state index contributed by atoms with van der Waals surface area (Å²) >= 11 is 0. The molecule has 0 spiro atoms. The van der Waals surface area contributed by atoms with Crippen LogP contribution in [0.15, 0.2) is 45.6 Å². The van der Waals surface area contributed by atoms with E-state index in [1.165, 1.54) is 7.11 Å². The first-order valence-corrected chi connectivity index (χ1v) is 7.98. The maximum Gasteiger partial charge on any atom is 0.373 e. The summed E-state index contributed by atoms with van der Waals surface area (Å²) in [4.78, 5) is 33.0. The number of nitrogens with zero attached hydrogens (tertiary/aromatic N) is 2. The van der Waals surface area contributed by atoms with Gasteiger partial charge in [-0.3, -0.25) is 9.69 Å². The third-order valence-corrected chi connectivity index (χ3v) is 3.91. The Morgan fingerprint density at radius 1 is 1.24 bits per heavy atom. The quantitative estimate of drug-likeness (QED) is 0.692. The average molecular weight is 341 g/mol. The summed E-state index contributed by atoms with van der Waals surface area (Å²) in [6.45, 7) is 3.68. The minimum absolute atomic E-state index is 0.150. The van der Waals surface area contributed by atoms with Crippen LogP contribution in [0.4, 0.5) is 0 Å². The van der Waals surface area contributed by atoms with Crippen molar-refractivity contribution in [2.75, 3.05) is 13.7 Å². The summed E-state index contributed by atoms with van der Waals surface area (Å²) in [5.41, 5.74) is 0.519. The topological polar surface area (TPSA) is 88.4 Å². The fourth-order valence-corrected chi connectivity index (χ4v) is 2.59. The standard InChI is InChI=1S/C18H19N3O4/c1-3-21(10-12-8-9-15(25-12)18(23)24-2)11-16-19-14-7-5-4-6-13(14)17(22)20-16/h4-9H,3,10-11H2,1-2H3,(H,19,20,22). The van der Waals surface area contributed by atoms with E-state index in [1.807, 2.05) is 30.0 Å². The molecule has 0 saturated heterocycles. The third-order valence-electron chi connectivity index (χ3n) is 3.91. The molecule has 1 N–H and O–H groups in total. The van der Waals surface area contributed by atoms with Gasteiger partial charge in [0.05, 0.1) is 31.1 Å². The molecule has 3 aromatic rings. The molecule has 2 heterocycles. The number of carbonyl (C=O) groups excluding carboxylic acids is 1. The molecule has 0 aliphatic carbocycles. The number of H-pyrrole nitrogens is 1. The summed E-state index contributed by atoms with van der Waals surface area (Å²) in [6.07, 6.45) is 0. The highest BCUT2D eigenvalue weighted by atomic mass is 16.5. The van der Waals surface area contributed by atoms with Crippen molar-refractivity contribution in [1.29, 1.82) is 0 Å². The van der Waals surface area contributed by atoms with Gasteiger partial charge in [0.25, 0.3) is 5.56 Å². The largest absolute Gasteiger partial charge is 0.463 e. The molecule has 0 radical (unpaired) electrons. The van der Waals surface area contributed by atoms with Crippen LogP contribution in [0.1, 0.15) is 29.1 Å². The summed E-state index contributed by atoms with van der Waals surface area (Å²) in [5, 5.41) is 0.572. The lowest BCUT2D eigenvalue weighted by Crippen LogP contribution is -2.25. The minimum Gasteiger partial charge on any atom is -0.463 e. The van der Waals surface area contributed by atoms with E-state index in [0.717, 1.165) is 6.54 Å². The van der Waals surface area contributed by atoms with E-state index >= 15 is 0 Å². The third kappa shape index (κ3) is 3.77. The summed E-state index contributed by atoms with van der Waals surface area (Å²) in [7, 11) is 1.31. The fraction of sp³-hybridized carbons (Fsp3) is 0.278. The normalized spacial score (nSPS) is 11.2. The number of fused-ring (bicyclic) bond motifs is 1. The number of hydrogen-bond donors (Lipinski definition) is 1. The molecule has 0 amide bonds. The zero-order chi connectivity index (χ0) is 17.8. The molecular formula is C18H19N3O4. The van der Waals surface area contributed by atoms with Gasteiger partial charge >= 0.3 is 5.97 Å². The molecule has 3 rings (SSSR count). The molecule has 7 nitrogen and oxygen atoms in total. The Labute approximate surface area is 144 Å². The molecule has 2 aromatic heterocycles. The second-order valence-corrected chi connectivity index (χ2v) is 5.59. The Morgan fingerprint density at radius 3 is 2.80 bits per heavy atom. The summed E-state index contributed by atoms with van der Waals surface area (Å²) < 4.78 is 10.1. The van der Waals surface area contributed by atoms with Gasteiger partial charge in [0.15, 0.2) is 0 Å². The van der Waals surface area contributed by atoms with E-state index in [0.29, 0.717) is 35.6 Å². The molecule has 0 aliphatic heterocycles.